The monoisotopic (exact) mass is 591 g/mol. The minimum absolute atomic E-state index is 0.0675. The molecule has 0 aromatic heterocycles. The van der Waals surface area contributed by atoms with Gasteiger partial charge in [0, 0.05) is 38.3 Å². The summed E-state index contributed by atoms with van der Waals surface area (Å²) in [5, 5.41) is 8.91. The van der Waals surface area contributed by atoms with Crippen LogP contribution in [0.15, 0.2) is 30.3 Å². The molecule has 42 heavy (non-hydrogen) atoms. The molecule has 0 aliphatic carbocycles. The van der Waals surface area contributed by atoms with E-state index in [0.717, 1.165) is 24.8 Å². The van der Waals surface area contributed by atoms with E-state index in [2.05, 4.69) is 20.9 Å². The molecule has 1 unspecified atom stereocenters. The maximum atomic E-state index is 13.0. The first-order chi connectivity index (χ1) is 19.9. The summed E-state index contributed by atoms with van der Waals surface area (Å²) in [7, 11) is 3.31. The molecule has 2 rings (SSSR count). The van der Waals surface area contributed by atoms with Gasteiger partial charge in [-0.1, -0.05) is 36.8 Å². The number of unbranched alkanes of at least 4 members (excludes halogenated alkanes) is 1. The first kappa shape index (κ1) is 34.8. The molecule has 236 valence electrons. The second-order valence-electron chi connectivity index (χ2n) is 11.5. The lowest BCUT2D eigenvalue weighted by atomic mass is 10.0. The summed E-state index contributed by atoms with van der Waals surface area (Å²) in [6, 6.07) is 8.72. The Balaban J connectivity index is 1.96. The highest BCUT2D eigenvalue weighted by atomic mass is 16.6. The highest BCUT2D eigenvalue weighted by Crippen LogP contribution is 2.16. The number of hydrogen-bond donors (Lipinski definition) is 3. The Morgan fingerprint density at radius 3 is 2.45 bits per heavy atom. The quantitative estimate of drug-likeness (QED) is 0.201. The first-order valence-corrected chi connectivity index (χ1v) is 14.6. The van der Waals surface area contributed by atoms with E-state index in [-0.39, 0.29) is 31.1 Å². The average Bonchev–Trinajstić information content (AvgIpc) is 2.94. The number of rotatable bonds is 11. The summed E-state index contributed by atoms with van der Waals surface area (Å²) < 4.78 is 15.6. The molecule has 3 amide bonds. The maximum Gasteiger partial charge on any atom is 0.407 e. The molecule has 1 aromatic carbocycles. The first-order valence-electron chi connectivity index (χ1n) is 14.6. The largest absolute Gasteiger partial charge is 0.467 e. The fraction of sp³-hybridized carbons (Fsp3) is 0.667. The molecule has 0 spiro atoms. The number of carbonyl (C=O) groups is 4. The van der Waals surface area contributed by atoms with Crippen LogP contribution in [-0.4, -0.2) is 104 Å². The number of esters is 1. The predicted octanol–water partition coefficient (Wildman–Crippen LogP) is 2.66. The van der Waals surface area contributed by atoms with Crippen molar-refractivity contribution >= 4 is 24.1 Å². The Hall–Kier alpha value is -3.38. The van der Waals surface area contributed by atoms with Crippen LogP contribution in [0, 0.1) is 0 Å². The van der Waals surface area contributed by atoms with Crippen molar-refractivity contribution in [3.63, 3.8) is 0 Å². The van der Waals surface area contributed by atoms with Crippen LogP contribution in [0.25, 0.3) is 0 Å². The highest BCUT2D eigenvalue weighted by Gasteiger charge is 2.31. The molecule has 12 heteroatoms. The second kappa shape index (κ2) is 17.5. The molecular weight excluding hydrogens is 542 g/mol. The lowest BCUT2D eigenvalue weighted by molar-refractivity contribution is -0.152. The Morgan fingerprint density at radius 2 is 1.79 bits per heavy atom. The molecule has 1 aliphatic rings. The highest BCUT2D eigenvalue weighted by molar-refractivity contribution is 5.85. The topological polar surface area (TPSA) is 139 Å². The second-order valence-corrected chi connectivity index (χ2v) is 11.5. The summed E-state index contributed by atoms with van der Waals surface area (Å²) in [5.74, 6) is -0.666. The van der Waals surface area contributed by atoms with Crippen LogP contribution < -0.4 is 16.0 Å². The van der Waals surface area contributed by atoms with Gasteiger partial charge in [0.1, 0.15) is 18.2 Å². The van der Waals surface area contributed by atoms with Crippen molar-refractivity contribution in [2.24, 2.45) is 0 Å². The van der Waals surface area contributed by atoms with Gasteiger partial charge in [0.25, 0.3) is 0 Å². The van der Waals surface area contributed by atoms with Gasteiger partial charge < -0.3 is 35.1 Å². The fourth-order valence-corrected chi connectivity index (χ4v) is 4.75. The van der Waals surface area contributed by atoms with Gasteiger partial charge in [-0.2, -0.15) is 0 Å². The van der Waals surface area contributed by atoms with Crippen molar-refractivity contribution < 1.29 is 33.4 Å². The minimum atomic E-state index is -0.726. The third kappa shape index (κ3) is 12.6. The van der Waals surface area contributed by atoms with Crippen molar-refractivity contribution in [1.82, 2.24) is 25.8 Å². The van der Waals surface area contributed by atoms with Crippen molar-refractivity contribution in [2.75, 3.05) is 46.9 Å². The Bertz CT molecular complexity index is 1000. The third-order valence-corrected chi connectivity index (χ3v) is 7.17. The van der Waals surface area contributed by atoms with E-state index >= 15 is 0 Å². The van der Waals surface area contributed by atoms with E-state index in [1.54, 1.807) is 27.7 Å². The van der Waals surface area contributed by atoms with Crippen LogP contribution in [0.3, 0.4) is 0 Å². The smallest absolute Gasteiger partial charge is 0.407 e. The Morgan fingerprint density at radius 1 is 1.07 bits per heavy atom. The standard InChI is InChI=1S/C30H49N5O7/c1-22(27(37)40-6)35-17-15-25(19-33-29(39)42-30(2,3)4)34(5)24(18-31-20-26(35)36)14-10-11-16-32-28(38)41-21-23-12-8-7-9-13-23/h7-9,12-13,22,24-25,31H,10-11,14-21H2,1-6H3,(H,32,38)(H,33,39)/t22-,24-,25?/m0/s1. The zero-order chi connectivity index (χ0) is 31.1. The number of likely N-dealkylation sites (N-methyl/N-ethyl adjacent to an activating group) is 1. The van der Waals surface area contributed by atoms with Crippen molar-refractivity contribution in [1.29, 1.82) is 0 Å². The number of amides is 3. The average molecular weight is 592 g/mol. The van der Waals surface area contributed by atoms with Crippen LogP contribution in [-0.2, 0) is 30.4 Å². The van der Waals surface area contributed by atoms with Crippen LogP contribution >= 0.6 is 0 Å². The van der Waals surface area contributed by atoms with E-state index in [0.29, 0.717) is 32.6 Å². The van der Waals surface area contributed by atoms with Crippen molar-refractivity contribution in [3.8, 4) is 0 Å². The minimum Gasteiger partial charge on any atom is -0.467 e. The van der Waals surface area contributed by atoms with E-state index in [9.17, 15) is 19.2 Å². The summed E-state index contributed by atoms with van der Waals surface area (Å²) in [5.41, 5.74) is 0.302. The number of nitrogens with zero attached hydrogens (tertiary/aromatic N) is 2. The molecule has 3 N–H and O–H groups in total. The van der Waals surface area contributed by atoms with Crippen LogP contribution in [0.4, 0.5) is 9.59 Å². The van der Waals surface area contributed by atoms with Crippen molar-refractivity contribution in [3.05, 3.63) is 35.9 Å². The molecule has 1 saturated heterocycles. The summed E-state index contributed by atoms with van der Waals surface area (Å²) in [6.45, 7) is 9.05. The zero-order valence-electron chi connectivity index (χ0n) is 25.9. The molecule has 1 aromatic rings. The maximum absolute atomic E-state index is 13.0. The molecule has 0 saturated carbocycles. The summed E-state index contributed by atoms with van der Waals surface area (Å²) in [6.07, 6.45) is 1.97. The van der Waals surface area contributed by atoms with E-state index in [1.165, 1.54) is 12.0 Å². The van der Waals surface area contributed by atoms with Crippen LogP contribution in [0.1, 0.15) is 58.9 Å². The molecule has 1 fully saturated rings. The van der Waals surface area contributed by atoms with Crippen LogP contribution in [0.5, 0.6) is 0 Å². The summed E-state index contributed by atoms with van der Waals surface area (Å²) >= 11 is 0. The SMILES string of the molecule is COC(=O)[C@H](C)N1CCC(CNC(=O)OC(C)(C)C)N(C)[C@@H](CCCCNC(=O)OCc2ccccc2)CNCC1=O. The number of benzene rings is 1. The molecule has 12 nitrogen and oxygen atoms in total. The number of ether oxygens (including phenoxy) is 3. The number of carbonyl (C=O) groups excluding carboxylic acids is 4. The Kier molecular flexibility index (Phi) is 14.5. The zero-order valence-corrected chi connectivity index (χ0v) is 25.9. The number of methoxy groups -OCH3 is 1. The van der Waals surface area contributed by atoms with Gasteiger partial charge in [0.05, 0.1) is 13.7 Å². The van der Waals surface area contributed by atoms with E-state index < -0.39 is 29.8 Å². The lowest BCUT2D eigenvalue weighted by Gasteiger charge is -2.39. The molecular formula is C30H49N5O7. The molecule has 0 bridgehead atoms. The molecule has 0 radical (unpaired) electrons. The Labute approximate surface area is 249 Å². The molecule has 1 heterocycles. The number of alkyl carbamates (subject to hydrolysis) is 2. The summed E-state index contributed by atoms with van der Waals surface area (Å²) in [4.78, 5) is 53.4. The number of nitrogens with one attached hydrogen (secondary N) is 3. The third-order valence-electron chi connectivity index (χ3n) is 7.17. The van der Waals surface area contributed by atoms with Gasteiger partial charge in [-0.25, -0.2) is 14.4 Å². The van der Waals surface area contributed by atoms with E-state index in [1.807, 2.05) is 37.4 Å². The molecule has 3 atom stereocenters. The fourth-order valence-electron chi connectivity index (χ4n) is 4.75. The van der Waals surface area contributed by atoms with Gasteiger partial charge in [0.15, 0.2) is 0 Å². The number of hydrogen-bond acceptors (Lipinski definition) is 9. The lowest BCUT2D eigenvalue weighted by Crippen LogP contribution is -2.55. The van der Waals surface area contributed by atoms with Crippen LogP contribution in [0.2, 0.25) is 0 Å². The van der Waals surface area contributed by atoms with Gasteiger partial charge >= 0.3 is 18.2 Å². The normalized spacial score (nSPS) is 19.4. The predicted molar refractivity (Wildman–Crippen MR) is 159 cm³/mol. The van der Waals surface area contributed by atoms with Gasteiger partial charge in [-0.3, -0.25) is 9.69 Å². The van der Waals surface area contributed by atoms with E-state index in [4.69, 9.17) is 14.2 Å². The molecule has 1 aliphatic heterocycles. The van der Waals surface area contributed by atoms with Gasteiger partial charge in [-0.05, 0) is 59.6 Å². The van der Waals surface area contributed by atoms with Gasteiger partial charge in [-0.15, -0.1) is 0 Å². The van der Waals surface area contributed by atoms with Gasteiger partial charge in [0.2, 0.25) is 5.91 Å². The van der Waals surface area contributed by atoms with Crippen molar-refractivity contribution in [2.45, 2.75) is 83.7 Å².